The lowest BCUT2D eigenvalue weighted by Crippen LogP contribution is -2.17. The van der Waals surface area contributed by atoms with Crippen LogP contribution in [-0.2, 0) is 0 Å². The normalized spacial score (nSPS) is 10.5. The number of hydrazone groups is 1. The van der Waals surface area contributed by atoms with E-state index in [-0.39, 0.29) is 17.1 Å². The fraction of sp³-hybridized carbons (Fsp3) is 0.0476. The number of aromatic nitrogens is 1. The Hall–Kier alpha value is -4.20. The number of rotatable bonds is 6. The number of carbonyl (C=O) groups excluding carboxylic acids is 2. The van der Waals surface area contributed by atoms with Gasteiger partial charge in [-0.2, -0.15) is 5.10 Å². The first-order valence-electron chi connectivity index (χ1n) is 8.50. The Morgan fingerprint density at radius 3 is 2.55 bits per heavy atom. The largest absolute Gasteiger partial charge is 0.507 e. The SMILES string of the molecule is COc1cc(/C=N\NC(=O)c2ccccc2O)ccc1OC(=O)c1ccncc1. The van der Waals surface area contributed by atoms with Gasteiger partial charge in [-0.25, -0.2) is 10.2 Å². The van der Waals surface area contributed by atoms with Crippen LogP contribution in [-0.4, -0.2) is 35.3 Å². The lowest BCUT2D eigenvalue weighted by Gasteiger charge is -2.09. The first-order valence-corrected chi connectivity index (χ1v) is 8.50. The molecule has 29 heavy (non-hydrogen) atoms. The lowest BCUT2D eigenvalue weighted by atomic mass is 10.2. The van der Waals surface area contributed by atoms with E-state index in [9.17, 15) is 14.7 Å². The van der Waals surface area contributed by atoms with Gasteiger partial charge in [-0.15, -0.1) is 0 Å². The molecule has 0 fully saturated rings. The first-order chi connectivity index (χ1) is 14.1. The lowest BCUT2D eigenvalue weighted by molar-refractivity contribution is 0.0729. The fourth-order valence-electron chi connectivity index (χ4n) is 2.39. The second-order valence-electron chi connectivity index (χ2n) is 5.75. The molecule has 8 heteroatoms. The highest BCUT2D eigenvalue weighted by atomic mass is 16.6. The van der Waals surface area contributed by atoms with Crippen LogP contribution >= 0.6 is 0 Å². The zero-order valence-electron chi connectivity index (χ0n) is 15.4. The van der Waals surface area contributed by atoms with E-state index in [1.165, 1.54) is 37.9 Å². The molecular formula is C21H17N3O5. The van der Waals surface area contributed by atoms with Gasteiger partial charge in [-0.05, 0) is 48.0 Å². The summed E-state index contributed by atoms with van der Waals surface area (Å²) in [6, 6.07) is 14.0. The first kappa shape index (κ1) is 19.6. The molecule has 8 nitrogen and oxygen atoms in total. The van der Waals surface area contributed by atoms with Crippen LogP contribution in [0.3, 0.4) is 0 Å². The highest BCUT2D eigenvalue weighted by molar-refractivity contribution is 5.97. The van der Waals surface area contributed by atoms with E-state index in [0.29, 0.717) is 16.9 Å². The van der Waals surface area contributed by atoms with Crippen molar-refractivity contribution in [3.63, 3.8) is 0 Å². The molecular weight excluding hydrogens is 374 g/mol. The second kappa shape index (κ2) is 9.14. The Kier molecular flexibility index (Phi) is 6.16. The summed E-state index contributed by atoms with van der Waals surface area (Å²) in [5, 5.41) is 13.5. The predicted octanol–water partition coefficient (Wildman–Crippen LogP) is 2.78. The van der Waals surface area contributed by atoms with Gasteiger partial charge < -0.3 is 14.6 Å². The minimum atomic E-state index is -0.547. The number of amides is 1. The van der Waals surface area contributed by atoms with Crippen molar-refractivity contribution in [3.05, 3.63) is 83.7 Å². The maximum absolute atomic E-state index is 12.2. The Balaban J connectivity index is 1.68. The van der Waals surface area contributed by atoms with Crippen LogP contribution in [0.2, 0.25) is 0 Å². The molecule has 1 aromatic heterocycles. The third-order valence-electron chi connectivity index (χ3n) is 3.83. The fourth-order valence-corrected chi connectivity index (χ4v) is 2.39. The maximum atomic E-state index is 12.2. The molecule has 2 aromatic carbocycles. The summed E-state index contributed by atoms with van der Waals surface area (Å²) in [5.74, 6) is -0.661. The van der Waals surface area contributed by atoms with Gasteiger partial charge in [0.2, 0.25) is 0 Å². The van der Waals surface area contributed by atoms with Crippen molar-refractivity contribution in [2.75, 3.05) is 7.11 Å². The zero-order valence-corrected chi connectivity index (χ0v) is 15.4. The molecule has 3 rings (SSSR count). The molecule has 146 valence electrons. The smallest absolute Gasteiger partial charge is 0.343 e. The van der Waals surface area contributed by atoms with E-state index in [2.05, 4.69) is 15.5 Å². The molecule has 0 aliphatic rings. The van der Waals surface area contributed by atoms with Crippen molar-refractivity contribution in [2.45, 2.75) is 0 Å². The Morgan fingerprint density at radius 1 is 1.07 bits per heavy atom. The summed E-state index contributed by atoms with van der Waals surface area (Å²) in [4.78, 5) is 28.0. The third-order valence-corrected chi connectivity index (χ3v) is 3.83. The van der Waals surface area contributed by atoms with Gasteiger partial charge in [-0.3, -0.25) is 9.78 Å². The number of ether oxygens (including phenoxy) is 2. The van der Waals surface area contributed by atoms with Crippen LogP contribution in [0.5, 0.6) is 17.2 Å². The van der Waals surface area contributed by atoms with Crippen LogP contribution in [0.25, 0.3) is 0 Å². The number of aromatic hydroxyl groups is 1. The second-order valence-corrected chi connectivity index (χ2v) is 5.75. The number of benzene rings is 2. The molecule has 3 aromatic rings. The number of nitrogens with zero attached hydrogens (tertiary/aromatic N) is 2. The summed E-state index contributed by atoms with van der Waals surface area (Å²) in [6.45, 7) is 0. The van der Waals surface area contributed by atoms with Crippen molar-refractivity contribution in [3.8, 4) is 17.2 Å². The Bertz CT molecular complexity index is 1050. The van der Waals surface area contributed by atoms with Crippen LogP contribution in [0, 0.1) is 0 Å². The van der Waals surface area contributed by atoms with Gasteiger partial charge in [0.15, 0.2) is 11.5 Å². The number of nitrogens with one attached hydrogen (secondary N) is 1. The van der Waals surface area contributed by atoms with Gasteiger partial charge in [0.25, 0.3) is 5.91 Å². The summed E-state index contributed by atoms with van der Waals surface area (Å²) in [5.41, 5.74) is 3.40. The van der Waals surface area contributed by atoms with Crippen molar-refractivity contribution in [1.82, 2.24) is 10.4 Å². The molecule has 0 unspecified atom stereocenters. The summed E-state index contributed by atoms with van der Waals surface area (Å²) >= 11 is 0. The standard InChI is InChI=1S/C21H17N3O5/c1-28-19-12-14(13-23-24-20(26)16-4-2-3-5-17(16)25)6-7-18(19)29-21(27)15-8-10-22-11-9-15/h2-13,25H,1H3,(H,24,26)/b23-13-. The predicted molar refractivity (Wildman–Crippen MR) is 105 cm³/mol. The summed E-state index contributed by atoms with van der Waals surface area (Å²) < 4.78 is 10.6. The van der Waals surface area contributed by atoms with Gasteiger partial charge in [0.1, 0.15) is 5.75 Å². The Labute approximate surface area is 166 Å². The average Bonchev–Trinajstić information content (AvgIpc) is 2.75. The molecule has 0 atom stereocenters. The molecule has 0 saturated heterocycles. The minimum absolute atomic E-state index is 0.112. The monoisotopic (exact) mass is 391 g/mol. The minimum Gasteiger partial charge on any atom is -0.507 e. The third kappa shape index (κ3) is 4.95. The number of para-hydroxylation sites is 1. The summed E-state index contributed by atoms with van der Waals surface area (Å²) in [6.07, 6.45) is 4.39. The van der Waals surface area contributed by atoms with Gasteiger partial charge in [0.05, 0.1) is 24.5 Å². The Morgan fingerprint density at radius 2 is 1.83 bits per heavy atom. The quantitative estimate of drug-likeness (QED) is 0.289. The van der Waals surface area contributed by atoms with E-state index >= 15 is 0 Å². The van der Waals surface area contributed by atoms with Gasteiger partial charge >= 0.3 is 5.97 Å². The molecule has 2 N–H and O–H groups in total. The van der Waals surface area contributed by atoms with Crippen molar-refractivity contribution >= 4 is 18.1 Å². The summed E-state index contributed by atoms with van der Waals surface area (Å²) in [7, 11) is 1.44. The van der Waals surface area contributed by atoms with Crippen LogP contribution in [0.4, 0.5) is 0 Å². The number of phenols is 1. The molecule has 0 aliphatic carbocycles. The van der Waals surface area contributed by atoms with E-state index < -0.39 is 11.9 Å². The van der Waals surface area contributed by atoms with E-state index in [0.717, 1.165) is 0 Å². The number of esters is 1. The molecule has 1 amide bonds. The van der Waals surface area contributed by atoms with Crippen molar-refractivity contribution < 1.29 is 24.2 Å². The number of methoxy groups -OCH3 is 1. The van der Waals surface area contributed by atoms with Crippen LogP contribution in [0.15, 0.2) is 72.1 Å². The number of hydrogen-bond acceptors (Lipinski definition) is 7. The number of carbonyl (C=O) groups is 2. The molecule has 0 aliphatic heterocycles. The molecule has 1 heterocycles. The highest BCUT2D eigenvalue weighted by Gasteiger charge is 2.13. The average molecular weight is 391 g/mol. The van der Waals surface area contributed by atoms with E-state index in [4.69, 9.17) is 9.47 Å². The van der Waals surface area contributed by atoms with Crippen molar-refractivity contribution in [2.24, 2.45) is 5.10 Å². The zero-order chi connectivity index (χ0) is 20.6. The maximum Gasteiger partial charge on any atom is 0.343 e. The topological polar surface area (TPSA) is 110 Å². The highest BCUT2D eigenvalue weighted by Crippen LogP contribution is 2.28. The van der Waals surface area contributed by atoms with E-state index in [1.54, 1.807) is 42.5 Å². The van der Waals surface area contributed by atoms with Crippen molar-refractivity contribution in [1.29, 1.82) is 0 Å². The number of pyridine rings is 1. The number of hydrogen-bond donors (Lipinski definition) is 2. The molecule has 0 radical (unpaired) electrons. The molecule has 0 bridgehead atoms. The number of phenolic OH excluding ortho intramolecular Hbond substituents is 1. The van der Waals surface area contributed by atoms with Gasteiger partial charge in [-0.1, -0.05) is 12.1 Å². The molecule has 0 saturated carbocycles. The van der Waals surface area contributed by atoms with Crippen LogP contribution < -0.4 is 14.9 Å². The molecule has 0 spiro atoms. The van der Waals surface area contributed by atoms with Gasteiger partial charge in [0, 0.05) is 12.4 Å². The van der Waals surface area contributed by atoms with E-state index in [1.807, 2.05) is 0 Å². The van der Waals surface area contributed by atoms with Crippen LogP contribution in [0.1, 0.15) is 26.3 Å².